The van der Waals surface area contributed by atoms with Crippen LogP contribution in [-0.2, 0) is 12.7 Å². The van der Waals surface area contributed by atoms with Gasteiger partial charge in [0.05, 0.1) is 12.6 Å². The van der Waals surface area contributed by atoms with E-state index in [1.807, 2.05) is 0 Å². The monoisotopic (exact) mass is 318 g/mol. The van der Waals surface area contributed by atoms with Crippen LogP contribution >= 0.6 is 11.6 Å². The summed E-state index contributed by atoms with van der Waals surface area (Å²) in [6.07, 6.45) is -5.85. The Balaban J connectivity index is 2.29. The third-order valence-electron chi connectivity index (χ3n) is 2.74. The molecule has 4 nitrogen and oxygen atoms in total. The molecule has 0 bridgehead atoms. The number of benzene rings is 1. The van der Waals surface area contributed by atoms with E-state index in [0.29, 0.717) is 21.3 Å². The Labute approximate surface area is 122 Å². The Morgan fingerprint density at radius 2 is 2.00 bits per heavy atom. The molecule has 0 saturated heterocycles. The number of nitrogens with zero attached hydrogens (tertiary/aromatic N) is 2. The number of hydrogen-bond acceptors (Lipinski definition) is 3. The molecule has 1 unspecified atom stereocenters. The van der Waals surface area contributed by atoms with Crippen molar-refractivity contribution in [1.82, 2.24) is 9.78 Å². The molecule has 0 spiro atoms. The number of aliphatic hydroxyl groups is 1. The zero-order chi connectivity index (χ0) is 15.6. The van der Waals surface area contributed by atoms with Crippen molar-refractivity contribution in [1.29, 1.82) is 0 Å². The lowest BCUT2D eigenvalue weighted by atomic mass is 10.1. The van der Waals surface area contributed by atoms with Gasteiger partial charge in [-0.2, -0.15) is 18.3 Å². The second kappa shape index (κ2) is 5.87. The molecular formula is C13H10ClF3N2O2. The fourth-order valence-electron chi connectivity index (χ4n) is 1.71. The summed E-state index contributed by atoms with van der Waals surface area (Å²) in [5, 5.41) is 13.6. The molecule has 1 atom stereocenters. The van der Waals surface area contributed by atoms with Gasteiger partial charge in [-0.25, -0.2) is 4.68 Å². The van der Waals surface area contributed by atoms with E-state index in [1.165, 1.54) is 6.07 Å². The molecule has 0 fully saturated rings. The topological polar surface area (TPSA) is 55.1 Å². The standard InChI is InChI=1S/C13H10ClF3N2O2/c14-9-3-1-2-8(6-9)10(20)7-19-12(21)5-4-11(18-19)13(15,16)17/h1-6,10,20H,7H2. The van der Waals surface area contributed by atoms with E-state index in [-0.39, 0.29) is 0 Å². The van der Waals surface area contributed by atoms with Crippen molar-refractivity contribution in [3.05, 3.63) is 63.0 Å². The molecule has 0 saturated carbocycles. The zero-order valence-electron chi connectivity index (χ0n) is 10.5. The van der Waals surface area contributed by atoms with E-state index >= 15 is 0 Å². The van der Waals surface area contributed by atoms with E-state index in [2.05, 4.69) is 5.10 Å². The van der Waals surface area contributed by atoms with Gasteiger partial charge in [0, 0.05) is 11.1 Å². The van der Waals surface area contributed by atoms with Gasteiger partial charge in [-0.3, -0.25) is 4.79 Å². The van der Waals surface area contributed by atoms with Crippen LogP contribution in [0.2, 0.25) is 5.02 Å². The van der Waals surface area contributed by atoms with E-state index in [4.69, 9.17) is 11.6 Å². The Kier molecular flexibility index (Phi) is 4.34. The number of halogens is 4. The Morgan fingerprint density at radius 3 is 2.62 bits per heavy atom. The highest BCUT2D eigenvalue weighted by Crippen LogP contribution is 2.26. The molecule has 2 aromatic rings. The van der Waals surface area contributed by atoms with Gasteiger partial charge in [0.2, 0.25) is 0 Å². The summed E-state index contributed by atoms with van der Waals surface area (Å²) in [5.74, 6) is 0. The maximum atomic E-state index is 12.6. The molecule has 0 radical (unpaired) electrons. The third kappa shape index (κ3) is 3.83. The highest BCUT2D eigenvalue weighted by atomic mass is 35.5. The van der Waals surface area contributed by atoms with Crippen molar-refractivity contribution in [2.24, 2.45) is 0 Å². The quantitative estimate of drug-likeness (QED) is 0.946. The predicted molar refractivity (Wildman–Crippen MR) is 69.9 cm³/mol. The number of aliphatic hydroxyl groups excluding tert-OH is 1. The van der Waals surface area contributed by atoms with E-state index in [1.54, 1.807) is 18.2 Å². The molecule has 1 N–H and O–H groups in total. The minimum absolute atomic E-state index is 0.371. The fourth-order valence-corrected chi connectivity index (χ4v) is 1.91. The molecule has 112 valence electrons. The van der Waals surface area contributed by atoms with Crippen LogP contribution in [0, 0.1) is 0 Å². The lowest BCUT2D eigenvalue weighted by Crippen LogP contribution is -2.28. The first-order chi connectivity index (χ1) is 9.77. The molecule has 0 aliphatic carbocycles. The second-order valence-electron chi connectivity index (χ2n) is 4.31. The molecule has 21 heavy (non-hydrogen) atoms. The number of hydrogen-bond donors (Lipinski definition) is 1. The molecule has 2 rings (SSSR count). The first-order valence-corrected chi connectivity index (χ1v) is 6.24. The zero-order valence-corrected chi connectivity index (χ0v) is 11.3. The summed E-state index contributed by atoms with van der Waals surface area (Å²) in [4.78, 5) is 11.5. The van der Waals surface area contributed by atoms with Crippen molar-refractivity contribution >= 4 is 11.6 Å². The lowest BCUT2D eigenvalue weighted by Gasteiger charge is -2.14. The largest absolute Gasteiger partial charge is 0.435 e. The lowest BCUT2D eigenvalue weighted by molar-refractivity contribution is -0.142. The van der Waals surface area contributed by atoms with Crippen molar-refractivity contribution in [2.75, 3.05) is 0 Å². The smallest absolute Gasteiger partial charge is 0.386 e. The first-order valence-electron chi connectivity index (χ1n) is 5.86. The van der Waals surface area contributed by atoms with Crippen LogP contribution in [0.15, 0.2) is 41.2 Å². The van der Waals surface area contributed by atoms with Gasteiger partial charge in [0.1, 0.15) is 0 Å². The van der Waals surface area contributed by atoms with Crippen LogP contribution < -0.4 is 5.56 Å². The number of alkyl halides is 3. The maximum Gasteiger partial charge on any atom is 0.435 e. The maximum absolute atomic E-state index is 12.6. The van der Waals surface area contributed by atoms with Crippen molar-refractivity contribution in [3.63, 3.8) is 0 Å². The van der Waals surface area contributed by atoms with Gasteiger partial charge in [0.15, 0.2) is 5.69 Å². The van der Waals surface area contributed by atoms with Gasteiger partial charge in [0.25, 0.3) is 5.56 Å². The average Bonchev–Trinajstić information content (AvgIpc) is 2.40. The van der Waals surface area contributed by atoms with Crippen molar-refractivity contribution in [2.45, 2.75) is 18.8 Å². The van der Waals surface area contributed by atoms with E-state index < -0.39 is 30.1 Å². The summed E-state index contributed by atoms with van der Waals surface area (Å²) in [7, 11) is 0. The summed E-state index contributed by atoms with van der Waals surface area (Å²) in [6.45, 7) is -0.400. The van der Waals surface area contributed by atoms with Gasteiger partial charge >= 0.3 is 6.18 Å². The minimum atomic E-state index is -4.66. The van der Waals surface area contributed by atoms with Gasteiger partial charge < -0.3 is 5.11 Å². The summed E-state index contributed by atoms with van der Waals surface area (Å²) >= 11 is 5.76. The number of rotatable bonds is 3. The van der Waals surface area contributed by atoms with Crippen molar-refractivity contribution < 1.29 is 18.3 Å². The average molecular weight is 319 g/mol. The fraction of sp³-hybridized carbons (Fsp3) is 0.231. The summed E-state index contributed by atoms with van der Waals surface area (Å²) in [5.41, 5.74) is -1.54. The SMILES string of the molecule is O=c1ccc(C(F)(F)F)nn1CC(O)c1cccc(Cl)c1. The van der Waals surface area contributed by atoms with Crippen molar-refractivity contribution in [3.8, 4) is 0 Å². The van der Waals surface area contributed by atoms with Gasteiger partial charge in [-0.1, -0.05) is 23.7 Å². The van der Waals surface area contributed by atoms with Gasteiger partial charge in [-0.15, -0.1) is 0 Å². The van der Waals surface area contributed by atoms with Gasteiger partial charge in [-0.05, 0) is 23.8 Å². The third-order valence-corrected chi connectivity index (χ3v) is 2.97. The van der Waals surface area contributed by atoms with Crippen LogP contribution in [0.5, 0.6) is 0 Å². The molecular weight excluding hydrogens is 309 g/mol. The predicted octanol–water partition coefficient (Wildman–Crippen LogP) is 2.65. The van der Waals surface area contributed by atoms with Crippen LogP contribution in [-0.4, -0.2) is 14.9 Å². The first kappa shape index (κ1) is 15.5. The Morgan fingerprint density at radius 1 is 1.29 bits per heavy atom. The Hall–Kier alpha value is -1.86. The highest BCUT2D eigenvalue weighted by molar-refractivity contribution is 6.30. The molecule has 1 heterocycles. The normalized spacial score (nSPS) is 13.2. The molecule has 0 aliphatic rings. The molecule has 0 aliphatic heterocycles. The van der Waals surface area contributed by atoms with Crippen LogP contribution in [0.1, 0.15) is 17.4 Å². The van der Waals surface area contributed by atoms with E-state index in [0.717, 1.165) is 6.07 Å². The molecule has 1 aromatic carbocycles. The molecule has 8 heteroatoms. The molecule has 0 amide bonds. The summed E-state index contributed by atoms with van der Waals surface area (Å²) < 4.78 is 38.2. The van der Waals surface area contributed by atoms with Crippen LogP contribution in [0.4, 0.5) is 13.2 Å². The van der Waals surface area contributed by atoms with Crippen LogP contribution in [0.25, 0.3) is 0 Å². The minimum Gasteiger partial charge on any atom is -0.386 e. The number of aromatic nitrogens is 2. The van der Waals surface area contributed by atoms with E-state index in [9.17, 15) is 23.1 Å². The summed E-state index contributed by atoms with van der Waals surface area (Å²) in [6, 6.07) is 7.56. The molecule has 1 aromatic heterocycles. The Bertz CT molecular complexity index is 700. The second-order valence-corrected chi connectivity index (χ2v) is 4.74. The van der Waals surface area contributed by atoms with Crippen LogP contribution in [0.3, 0.4) is 0 Å². The highest BCUT2D eigenvalue weighted by Gasteiger charge is 2.33.